The van der Waals surface area contributed by atoms with Gasteiger partial charge in [0.15, 0.2) is 0 Å². The van der Waals surface area contributed by atoms with E-state index < -0.39 is 72.9 Å². The fourth-order valence-corrected chi connectivity index (χ4v) is 2.68. The minimum Gasteiger partial charge on any atom is -0.478 e. The van der Waals surface area contributed by atoms with Crippen molar-refractivity contribution in [3.05, 3.63) is 35.4 Å². The number of aryl methyl sites for hydroxylation is 1. The van der Waals surface area contributed by atoms with Crippen LogP contribution in [0.2, 0.25) is 0 Å². The predicted octanol–water partition coefficient (Wildman–Crippen LogP) is 7.72. The number of hydrogen-bond acceptors (Lipinski definition) is 1. The lowest BCUT2D eigenvalue weighted by Gasteiger charge is -2.42. The molecule has 2 nitrogen and oxygen atoms in total. The van der Waals surface area contributed by atoms with E-state index in [1.54, 1.807) is 0 Å². The second-order valence-electron chi connectivity index (χ2n) is 7.50. The van der Waals surface area contributed by atoms with Gasteiger partial charge in [-0.1, -0.05) is 12.1 Å². The summed E-state index contributed by atoms with van der Waals surface area (Å²) in [5.41, 5.74) is -0.460. The van der Waals surface area contributed by atoms with Gasteiger partial charge >= 0.3 is 53.6 Å². The highest BCUT2D eigenvalue weighted by molar-refractivity contribution is 5.87. The van der Waals surface area contributed by atoms with Crippen molar-refractivity contribution in [3.8, 4) is 0 Å². The quantitative estimate of drug-likeness (QED) is 0.272. The Bertz CT molecular complexity index is 963. The van der Waals surface area contributed by atoms with Gasteiger partial charge < -0.3 is 5.11 Å². The average molecular weight is 582 g/mol. The van der Waals surface area contributed by atoms with Crippen molar-refractivity contribution in [1.82, 2.24) is 0 Å². The van der Waals surface area contributed by atoms with Crippen molar-refractivity contribution in [2.24, 2.45) is 0 Å². The van der Waals surface area contributed by atoms with Gasteiger partial charge in [-0.3, -0.25) is 0 Å². The molecule has 0 saturated heterocycles. The topological polar surface area (TPSA) is 37.3 Å². The normalized spacial score (nSPS) is 15.2. The van der Waals surface area contributed by atoms with Crippen LogP contribution in [0, 0.1) is 0 Å². The van der Waals surface area contributed by atoms with Crippen LogP contribution in [0.1, 0.15) is 28.8 Å². The summed E-state index contributed by atoms with van der Waals surface area (Å²) in [5, 5.41) is 8.67. The molecule has 0 saturated carbocycles. The molecule has 37 heavy (non-hydrogen) atoms. The van der Waals surface area contributed by atoms with E-state index in [1.807, 2.05) is 0 Å². The van der Waals surface area contributed by atoms with Crippen LogP contribution in [0.15, 0.2) is 24.3 Å². The third-order valence-corrected chi connectivity index (χ3v) is 4.94. The highest BCUT2D eigenvalue weighted by atomic mass is 19.4. The van der Waals surface area contributed by atoms with Crippen molar-refractivity contribution in [3.63, 3.8) is 0 Å². The van der Waals surface area contributed by atoms with Gasteiger partial charge in [0.2, 0.25) is 0 Å². The summed E-state index contributed by atoms with van der Waals surface area (Å²) in [5.74, 6) is -57.8. The van der Waals surface area contributed by atoms with E-state index in [4.69, 9.17) is 5.11 Å². The molecule has 0 heterocycles. The van der Waals surface area contributed by atoms with Crippen LogP contribution < -0.4 is 0 Å². The summed E-state index contributed by atoms with van der Waals surface area (Å²) in [6.07, 6.45) is -12.4. The highest BCUT2D eigenvalue weighted by Crippen LogP contribution is 2.64. The van der Waals surface area contributed by atoms with Gasteiger partial charge in [-0.2, -0.15) is 74.6 Å². The minimum absolute atomic E-state index is 0.109. The molecule has 214 valence electrons. The lowest BCUT2D eigenvalue weighted by atomic mass is 9.87. The molecule has 0 atom stereocenters. The van der Waals surface area contributed by atoms with Crippen LogP contribution in [-0.2, 0) is 6.42 Å². The maximum Gasteiger partial charge on any atom is 0.460 e. The summed E-state index contributed by atoms with van der Waals surface area (Å²) in [7, 11) is 0. The number of carbonyl (C=O) groups is 1. The standard InChI is InChI=1S/C18H11F17O2/c19-11(20,7-1-2-8-3-5-9(6-4-8)10(36)37)12(21,22)13(23,24)14(25,26)15(27,28)16(29,30)17(31,32)18(33,34)35/h3-6H,1-2,7H2,(H,36,37). The van der Waals surface area contributed by atoms with E-state index in [1.165, 1.54) is 0 Å². The van der Waals surface area contributed by atoms with E-state index in [9.17, 15) is 79.4 Å². The van der Waals surface area contributed by atoms with Gasteiger partial charge in [0.05, 0.1) is 5.56 Å². The first kappa shape index (κ1) is 32.5. The Kier molecular flexibility index (Phi) is 8.22. The lowest BCUT2D eigenvalue weighted by molar-refractivity contribution is -0.461. The average Bonchev–Trinajstić information content (AvgIpc) is 2.72. The Morgan fingerprint density at radius 1 is 0.568 bits per heavy atom. The molecule has 0 aliphatic carbocycles. The second-order valence-corrected chi connectivity index (χ2v) is 7.50. The van der Waals surface area contributed by atoms with Crippen molar-refractivity contribution in [2.75, 3.05) is 0 Å². The molecule has 1 aromatic rings. The molecular formula is C18H11F17O2. The summed E-state index contributed by atoms with van der Waals surface area (Å²) in [6.45, 7) is 0. The number of alkyl halides is 17. The molecule has 1 aromatic carbocycles. The van der Waals surface area contributed by atoms with Gasteiger partial charge in [0.1, 0.15) is 0 Å². The van der Waals surface area contributed by atoms with Crippen LogP contribution in [0.3, 0.4) is 0 Å². The Labute approximate surface area is 194 Å². The van der Waals surface area contributed by atoms with Crippen molar-refractivity contribution < 1.29 is 84.5 Å². The third-order valence-electron chi connectivity index (χ3n) is 4.94. The van der Waals surface area contributed by atoms with E-state index >= 15 is 0 Å². The maximum absolute atomic E-state index is 13.8. The van der Waals surface area contributed by atoms with Crippen LogP contribution >= 0.6 is 0 Å². The van der Waals surface area contributed by atoms with E-state index in [-0.39, 0.29) is 11.1 Å². The Balaban J connectivity index is 3.29. The number of benzene rings is 1. The van der Waals surface area contributed by atoms with Crippen LogP contribution in [0.5, 0.6) is 0 Å². The first-order chi connectivity index (χ1) is 16.1. The summed E-state index contributed by atoms with van der Waals surface area (Å²) >= 11 is 0. The lowest BCUT2D eigenvalue weighted by Crippen LogP contribution is -2.74. The maximum atomic E-state index is 13.8. The molecule has 0 fully saturated rings. The summed E-state index contributed by atoms with van der Waals surface area (Å²) in [4.78, 5) is 10.7. The molecule has 0 spiro atoms. The van der Waals surface area contributed by atoms with Crippen LogP contribution in [0.4, 0.5) is 74.6 Å². The number of aromatic carboxylic acids is 1. The monoisotopic (exact) mass is 582 g/mol. The van der Waals surface area contributed by atoms with Gasteiger partial charge in [-0.15, -0.1) is 0 Å². The zero-order valence-corrected chi connectivity index (χ0v) is 17.2. The van der Waals surface area contributed by atoms with Crippen molar-refractivity contribution >= 4 is 5.97 Å². The fraction of sp³-hybridized carbons (Fsp3) is 0.611. The smallest absolute Gasteiger partial charge is 0.460 e. The summed E-state index contributed by atoms with van der Waals surface area (Å²) in [6, 6.07) is 3.59. The second kappa shape index (κ2) is 9.36. The molecule has 0 unspecified atom stereocenters. The van der Waals surface area contributed by atoms with Crippen molar-refractivity contribution in [1.29, 1.82) is 0 Å². The van der Waals surface area contributed by atoms with Gasteiger partial charge in [-0.05, 0) is 30.5 Å². The van der Waals surface area contributed by atoms with Gasteiger partial charge in [0, 0.05) is 6.42 Å². The molecule has 0 bridgehead atoms. The van der Waals surface area contributed by atoms with E-state index in [0.717, 1.165) is 24.3 Å². The summed E-state index contributed by atoms with van der Waals surface area (Å²) < 4.78 is 224. The van der Waals surface area contributed by atoms with Gasteiger partial charge in [-0.25, -0.2) is 4.79 Å². The number of rotatable bonds is 11. The van der Waals surface area contributed by atoms with Crippen molar-refractivity contribution in [2.45, 2.75) is 66.9 Å². The molecular weight excluding hydrogens is 571 g/mol. The molecule has 19 heteroatoms. The van der Waals surface area contributed by atoms with Crippen LogP contribution in [-0.4, -0.2) is 58.7 Å². The fourth-order valence-electron chi connectivity index (χ4n) is 2.68. The predicted molar refractivity (Wildman–Crippen MR) is 87.0 cm³/mol. The van der Waals surface area contributed by atoms with Gasteiger partial charge in [0.25, 0.3) is 0 Å². The Morgan fingerprint density at radius 2 is 0.919 bits per heavy atom. The number of halogens is 17. The van der Waals surface area contributed by atoms with Crippen LogP contribution in [0.25, 0.3) is 0 Å². The third kappa shape index (κ3) is 5.00. The first-order valence-electron chi connectivity index (χ1n) is 9.17. The molecule has 0 amide bonds. The molecule has 0 aromatic heterocycles. The van der Waals surface area contributed by atoms with E-state index in [0.29, 0.717) is 0 Å². The number of carboxylic acid groups (broad SMARTS) is 1. The number of hydrogen-bond donors (Lipinski definition) is 1. The minimum atomic E-state index is -8.64. The molecule has 1 N–H and O–H groups in total. The molecule has 0 aliphatic heterocycles. The number of carboxylic acids is 1. The molecule has 1 rings (SSSR count). The largest absolute Gasteiger partial charge is 0.478 e. The Hall–Kier alpha value is -2.50. The zero-order chi connectivity index (χ0) is 29.7. The highest BCUT2D eigenvalue weighted by Gasteiger charge is 2.95. The Morgan fingerprint density at radius 3 is 1.27 bits per heavy atom. The zero-order valence-electron chi connectivity index (χ0n) is 17.2. The van der Waals surface area contributed by atoms with E-state index in [2.05, 4.69) is 0 Å². The first-order valence-corrected chi connectivity index (χ1v) is 9.17. The SMILES string of the molecule is O=C(O)c1ccc(CCCC(F)(F)C(F)(F)C(F)(F)C(F)(F)C(F)(F)C(F)(F)C(F)(F)C(F)(F)F)cc1. The molecule has 0 radical (unpaired) electrons. The molecule has 0 aliphatic rings.